The fourth-order valence-corrected chi connectivity index (χ4v) is 3.70. The molecule has 2 heteroatoms. The van der Waals surface area contributed by atoms with Crippen LogP contribution in [-0.2, 0) is 12.5 Å². The first-order valence-corrected chi connectivity index (χ1v) is 9.18. The van der Waals surface area contributed by atoms with Crippen LogP contribution in [0.4, 0.5) is 11.4 Å². The molecule has 0 bridgehead atoms. The molecule has 0 spiro atoms. The number of fused-ring (bicyclic) bond motifs is 3. The lowest BCUT2D eigenvalue weighted by Crippen LogP contribution is -2.13. The van der Waals surface area contributed by atoms with Gasteiger partial charge in [0.2, 0.25) is 0 Å². The molecule has 0 unspecified atom stereocenters. The van der Waals surface area contributed by atoms with Crippen molar-refractivity contribution >= 4 is 33.2 Å². The highest BCUT2D eigenvalue weighted by atomic mass is 15.1. The van der Waals surface area contributed by atoms with E-state index in [0.717, 1.165) is 0 Å². The minimum Gasteiger partial charge on any atom is -0.345 e. The summed E-state index contributed by atoms with van der Waals surface area (Å²) in [6, 6.07) is 24.3. The third-order valence-corrected chi connectivity index (χ3v) is 5.40. The summed E-state index contributed by atoms with van der Waals surface area (Å²) in [6.07, 6.45) is 0. The van der Waals surface area contributed by atoms with Crippen molar-refractivity contribution in [2.75, 3.05) is 11.9 Å². The highest BCUT2D eigenvalue weighted by molar-refractivity contribution is 6.09. The molecule has 4 rings (SSSR count). The Morgan fingerprint density at radius 1 is 0.731 bits per heavy atom. The fourth-order valence-electron chi connectivity index (χ4n) is 3.70. The zero-order chi connectivity index (χ0) is 18.5. The van der Waals surface area contributed by atoms with E-state index in [2.05, 4.69) is 111 Å². The van der Waals surface area contributed by atoms with Gasteiger partial charge in [0.05, 0.1) is 0 Å². The minimum atomic E-state index is 0.180. The molecule has 0 atom stereocenters. The van der Waals surface area contributed by atoms with Crippen molar-refractivity contribution in [2.45, 2.75) is 26.2 Å². The Kier molecular flexibility index (Phi) is 3.80. The summed E-state index contributed by atoms with van der Waals surface area (Å²) >= 11 is 0. The van der Waals surface area contributed by atoms with E-state index < -0.39 is 0 Å². The average Bonchev–Trinajstić information content (AvgIpc) is 2.93. The van der Waals surface area contributed by atoms with Gasteiger partial charge in [-0.25, -0.2) is 0 Å². The summed E-state index contributed by atoms with van der Waals surface area (Å²) < 4.78 is 2.27. The average molecular weight is 342 g/mol. The molecule has 0 radical (unpaired) electrons. The van der Waals surface area contributed by atoms with Crippen molar-refractivity contribution in [3.63, 3.8) is 0 Å². The lowest BCUT2D eigenvalue weighted by molar-refractivity contribution is 0.590. The molecule has 0 N–H and O–H groups in total. The van der Waals surface area contributed by atoms with Gasteiger partial charge in [-0.15, -0.1) is 0 Å². The summed E-state index contributed by atoms with van der Waals surface area (Å²) in [4.78, 5) is 2.26. The van der Waals surface area contributed by atoms with Crippen LogP contribution < -0.4 is 4.90 Å². The van der Waals surface area contributed by atoms with E-state index in [1.54, 1.807) is 0 Å². The molecule has 0 saturated carbocycles. The lowest BCUT2D eigenvalue weighted by atomic mass is 9.87. The molecule has 132 valence electrons. The quantitative estimate of drug-likeness (QED) is 0.409. The van der Waals surface area contributed by atoms with Crippen molar-refractivity contribution < 1.29 is 0 Å². The van der Waals surface area contributed by atoms with Crippen LogP contribution in [0.5, 0.6) is 0 Å². The van der Waals surface area contributed by atoms with Crippen molar-refractivity contribution in [2.24, 2.45) is 7.05 Å². The number of nitrogens with zero attached hydrogens (tertiary/aromatic N) is 2. The number of hydrogen-bond donors (Lipinski definition) is 0. The minimum absolute atomic E-state index is 0.180. The SMILES string of the molecule is CN(c1ccc(C(C)(C)C)cc1)c1ccc2c(c1)c1ccccc1n2C. The van der Waals surface area contributed by atoms with Gasteiger partial charge in [-0.05, 0) is 47.4 Å². The summed E-state index contributed by atoms with van der Waals surface area (Å²) in [5, 5.41) is 2.61. The number of aromatic nitrogens is 1. The van der Waals surface area contributed by atoms with Gasteiger partial charge in [-0.3, -0.25) is 0 Å². The van der Waals surface area contributed by atoms with Crippen LogP contribution in [0.3, 0.4) is 0 Å². The van der Waals surface area contributed by atoms with Crippen molar-refractivity contribution in [3.8, 4) is 0 Å². The zero-order valence-electron chi connectivity index (χ0n) is 16.2. The molecule has 0 aliphatic carbocycles. The van der Waals surface area contributed by atoms with E-state index in [1.807, 2.05) is 0 Å². The number of hydrogen-bond acceptors (Lipinski definition) is 1. The van der Waals surface area contributed by atoms with Crippen LogP contribution in [0.2, 0.25) is 0 Å². The van der Waals surface area contributed by atoms with Gasteiger partial charge >= 0.3 is 0 Å². The predicted molar refractivity (Wildman–Crippen MR) is 114 cm³/mol. The van der Waals surface area contributed by atoms with E-state index in [1.165, 1.54) is 38.7 Å². The zero-order valence-corrected chi connectivity index (χ0v) is 16.2. The van der Waals surface area contributed by atoms with Crippen molar-refractivity contribution in [1.82, 2.24) is 4.57 Å². The van der Waals surface area contributed by atoms with Crippen LogP contribution in [0.25, 0.3) is 21.8 Å². The van der Waals surface area contributed by atoms with Crippen LogP contribution >= 0.6 is 0 Å². The first-order valence-electron chi connectivity index (χ1n) is 9.18. The maximum atomic E-state index is 2.30. The van der Waals surface area contributed by atoms with Crippen LogP contribution in [0.15, 0.2) is 66.7 Å². The van der Waals surface area contributed by atoms with Gasteiger partial charge in [0.15, 0.2) is 0 Å². The van der Waals surface area contributed by atoms with E-state index in [-0.39, 0.29) is 5.41 Å². The van der Waals surface area contributed by atoms with Crippen molar-refractivity contribution in [1.29, 1.82) is 0 Å². The van der Waals surface area contributed by atoms with Crippen LogP contribution in [0, 0.1) is 0 Å². The maximum absolute atomic E-state index is 2.30. The third kappa shape index (κ3) is 2.66. The second-order valence-corrected chi connectivity index (χ2v) is 8.13. The van der Waals surface area contributed by atoms with Gasteiger partial charge in [0.1, 0.15) is 0 Å². The van der Waals surface area contributed by atoms with Gasteiger partial charge in [-0.1, -0.05) is 51.1 Å². The molecule has 26 heavy (non-hydrogen) atoms. The molecular weight excluding hydrogens is 316 g/mol. The Labute approximate surface area is 155 Å². The van der Waals surface area contributed by atoms with Crippen LogP contribution in [0.1, 0.15) is 26.3 Å². The molecule has 1 aromatic heterocycles. The fraction of sp³-hybridized carbons (Fsp3) is 0.250. The number of benzene rings is 3. The van der Waals surface area contributed by atoms with Crippen molar-refractivity contribution in [3.05, 3.63) is 72.3 Å². The molecule has 3 aromatic carbocycles. The molecule has 1 heterocycles. The highest BCUT2D eigenvalue weighted by Crippen LogP contribution is 2.33. The topological polar surface area (TPSA) is 8.17 Å². The normalized spacial score (nSPS) is 12.0. The van der Waals surface area contributed by atoms with Gasteiger partial charge in [0, 0.05) is 47.3 Å². The molecule has 0 aliphatic rings. The molecule has 4 aromatic rings. The summed E-state index contributed by atoms with van der Waals surface area (Å²) in [5.41, 5.74) is 6.50. The second kappa shape index (κ2) is 5.91. The Morgan fingerprint density at radius 2 is 1.35 bits per heavy atom. The van der Waals surface area contributed by atoms with E-state index >= 15 is 0 Å². The summed E-state index contributed by atoms with van der Waals surface area (Å²) in [5.74, 6) is 0. The van der Waals surface area contributed by atoms with E-state index in [9.17, 15) is 0 Å². The molecule has 0 saturated heterocycles. The largest absolute Gasteiger partial charge is 0.345 e. The first-order chi connectivity index (χ1) is 12.4. The number of aryl methyl sites for hydroxylation is 1. The molecule has 2 nitrogen and oxygen atoms in total. The molecule has 0 aliphatic heterocycles. The monoisotopic (exact) mass is 342 g/mol. The molecule has 0 amide bonds. The Balaban J connectivity index is 1.77. The lowest BCUT2D eigenvalue weighted by Gasteiger charge is -2.23. The van der Waals surface area contributed by atoms with E-state index in [4.69, 9.17) is 0 Å². The van der Waals surface area contributed by atoms with Gasteiger partial charge in [-0.2, -0.15) is 0 Å². The molecule has 0 fully saturated rings. The maximum Gasteiger partial charge on any atom is 0.0490 e. The van der Waals surface area contributed by atoms with Gasteiger partial charge in [0.25, 0.3) is 0 Å². The van der Waals surface area contributed by atoms with Crippen LogP contribution in [-0.4, -0.2) is 11.6 Å². The number of rotatable bonds is 2. The Morgan fingerprint density at radius 3 is 2.04 bits per heavy atom. The summed E-state index contributed by atoms with van der Waals surface area (Å²) in [7, 11) is 4.28. The number of anilines is 2. The Bertz CT molecular complexity index is 1080. The van der Waals surface area contributed by atoms with Gasteiger partial charge < -0.3 is 9.47 Å². The first kappa shape index (κ1) is 16.7. The highest BCUT2D eigenvalue weighted by Gasteiger charge is 2.14. The Hall–Kier alpha value is -2.74. The standard InChI is InChI=1S/C24H26N2/c1-24(2,3)17-10-12-18(13-11-17)25(4)19-14-15-23-21(16-19)20-8-6-7-9-22(20)26(23)5/h6-16H,1-5H3. The second-order valence-electron chi connectivity index (χ2n) is 8.13. The number of para-hydroxylation sites is 1. The molecular formula is C24H26N2. The summed E-state index contributed by atoms with van der Waals surface area (Å²) in [6.45, 7) is 6.75. The van der Waals surface area contributed by atoms with E-state index in [0.29, 0.717) is 0 Å². The smallest absolute Gasteiger partial charge is 0.0490 e. The third-order valence-electron chi connectivity index (χ3n) is 5.40. The predicted octanol–water partition coefficient (Wildman–Crippen LogP) is 6.40.